The van der Waals surface area contributed by atoms with Crippen molar-refractivity contribution in [3.63, 3.8) is 0 Å². The van der Waals surface area contributed by atoms with E-state index in [1.807, 2.05) is 0 Å². The number of anilines is 1. The van der Waals surface area contributed by atoms with Gasteiger partial charge in [0.1, 0.15) is 0 Å². The summed E-state index contributed by atoms with van der Waals surface area (Å²) in [6.07, 6.45) is 0. The normalized spacial score (nSPS) is 10.9. The first kappa shape index (κ1) is 14.0. The second kappa shape index (κ2) is 6.62. The van der Waals surface area contributed by atoms with E-state index in [1.165, 1.54) is 11.3 Å². The summed E-state index contributed by atoms with van der Waals surface area (Å²) < 4.78 is 1.13. The highest BCUT2D eigenvalue weighted by molar-refractivity contribution is 9.10. The lowest BCUT2D eigenvalue weighted by molar-refractivity contribution is 0.416. The molecule has 0 aliphatic heterocycles. The maximum absolute atomic E-state index is 3.53. The smallest absolute Gasteiger partial charge is 0.0405 e. The second-order valence-electron chi connectivity index (χ2n) is 4.13. The van der Waals surface area contributed by atoms with E-state index in [1.54, 1.807) is 0 Å². The lowest BCUT2D eigenvalue weighted by Gasteiger charge is -2.23. The molecule has 0 fully saturated rings. The Morgan fingerprint density at radius 1 is 1.12 bits per heavy atom. The first-order valence-electron chi connectivity index (χ1n) is 5.25. The quantitative estimate of drug-likeness (QED) is 0.752. The van der Waals surface area contributed by atoms with Crippen molar-refractivity contribution in [1.82, 2.24) is 4.90 Å². The van der Waals surface area contributed by atoms with Crippen molar-refractivity contribution >= 4 is 37.5 Å². The summed E-state index contributed by atoms with van der Waals surface area (Å²) in [6.45, 7) is 2.10. The summed E-state index contributed by atoms with van der Waals surface area (Å²) in [7, 11) is 6.33. The summed E-state index contributed by atoms with van der Waals surface area (Å²) >= 11 is 7.03. The van der Waals surface area contributed by atoms with E-state index in [0.29, 0.717) is 0 Å². The maximum Gasteiger partial charge on any atom is 0.0405 e. The van der Waals surface area contributed by atoms with Crippen molar-refractivity contribution in [2.24, 2.45) is 0 Å². The minimum Gasteiger partial charge on any atom is -0.373 e. The van der Waals surface area contributed by atoms with Crippen LogP contribution in [0, 0.1) is 0 Å². The fourth-order valence-corrected chi connectivity index (χ4v) is 2.36. The molecule has 0 aliphatic carbocycles. The van der Waals surface area contributed by atoms with Crippen LogP contribution in [0.3, 0.4) is 0 Å². The summed E-state index contributed by atoms with van der Waals surface area (Å²) in [5, 5.41) is 0.883. The van der Waals surface area contributed by atoms with Crippen LogP contribution in [0.25, 0.3) is 0 Å². The molecule has 0 saturated heterocycles. The number of benzene rings is 1. The standard InChI is InChI=1S/C12H18Br2N2/c1-15(2)6-7-16(3)12-5-4-11(14)8-10(12)9-13/h4-5,8H,6-7,9H2,1-3H3. The van der Waals surface area contributed by atoms with Gasteiger partial charge in [-0.1, -0.05) is 31.9 Å². The summed E-state index contributed by atoms with van der Waals surface area (Å²) in [5.74, 6) is 0. The molecule has 0 bridgehead atoms. The Labute approximate surface area is 115 Å². The van der Waals surface area contributed by atoms with Gasteiger partial charge in [-0.05, 0) is 37.9 Å². The maximum atomic E-state index is 3.53. The molecule has 90 valence electrons. The Hall–Kier alpha value is -0.0600. The van der Waals surface area contributed by atoms with E-state index < -0.39 is 0 Å². The monoisotopic (exact) mass is 348 g/mol. The highest BCUT2D eigenvalue weighted by atomic mass is 79.9. The molecule has 0 unspecified atom stereocenters. The molecule has 0 spiro atoms. The topological polar surface area (TPSA) is 6.48 Å². The van der Waals surface area contributed by atoms with Crippen LogP contribution in [0.2, 0.25) is 0 Å². The van der Waals surface area contributed by atoms with Gasteiger partial charge in [0, 0.05) is 35.6 Å². The minimum absolute atomic E-state index is 0.883. The van der Waals surface area contributed by atoms with Crippen LogP contribution in [0.5, 0.6) is 0 Å². The molecular weight excluding hydrogens is 332 g/mol. The van der Waals surface area contributed by atoms with Crippen LogP contribution >= 0.6 is 31.9 Å². The van der Waals surface area contributed by atoms with Gasteiger partial charge in [-0.3, -0.25) is 0 Å². The van der Waals surface area contributed by atoms with E-state index in [-0.39, 0.29) is 0 Å². The number of hydrogen-bond acceptors (Lipinski definition) is 2. The zero-order valence-corrected chi connectivity index (χ0v) is 13.2. The van der Waals surface area contributed by atoms with Crippen molar-refractivity contribution in [1.29, 1.82) is 0 Å². The van der Waals surface area contributed by atoms with Crippen molar-refractivity contribution in [3.8, 4) is 0 Å². The Kier molecular flexibility index (Phi) is 5.79. The average molecular weight is 350 g/mol. The zero-order chi connectivity index (χ0) is 12.1. The Morgan fingerprint density at radius 2 is 1.81 bits per heavy atom. The summed E-state index contributed by atoms with van der Waals surface area (Å²) in [4.78, 5) is 4.49. The molecule has 0 N–H and O–H groups in total. The van der Waals surface area contributed by atoms with Crippen LogP contribution in [0.4, 0.5) is 5.69 Å². The third-order valence-electron chi connectivity index (χ3n) is 2.48. The highest BCUT2D eigenvalue weighted by Gasteiger charge is 2.07. The van der Waals surface area contributed by atoms with E-state index in [2.05, 4.69) is 81.0 Å². The SMILES string of the molecule is CN(C)CCN(C)c1ccc(Br)cc1CBr. The van der Waals surface area contributed by atoms with Gasteiger partial charge in [-0.25, -0.2) is 0 Å². The number of hydrogen-bond donors (Lipinski definition) is 0. The fraction of sp³-hybridized carbons (Fsp3) is 0.500. The van der Waals surface area contributed by atoms with Crippen LogP contribution in [0.15, 0.2) is 22.7 Å². The first-order valence-corrected chi connectivity index (χ1v) is 7.16. The molecule has 1 rings (SSSR count). The molecule has 0 radical (unpaired) electrons. The largest absolute Gasteiger partial charge is 0.373 e. The third kappa shape index (κ3) is 4.07. The lowest BCUT2D eigenvalue weighted by atomic mass is 10.2. The van der Waals surface area contributed by atoms with Gasteiger partial charge in [-0.2, -0.15) is 0 Å². The molecule has 0 amide bonds. The predicted octanol–water partition coefficient (Wildman–Crippen LogP) is 3.34. The molecular formula is C12H18Br2N2. The zero-order valence-electron chi connectivity index (χ0n) is 10.0. The molecule has 0 aromatic heterocycles. The number of nitrogens with zero attached hydrogens (tertiary/aromatic N) is 2. The second-order valence-corrected chi connectivity index (χ2v) is 5.61. The van der Waals surface area contributed by atoms with E-state index in [0.717, 1.165) is 22.9 Å². The molecule has 1 aromatic rings. The van der Waals surface area contributed by atoms with Crippen LogP contribution in [-0.2, 0) is 5.33 Å². The highest BCUT2D eigenvalue weighted by Crippen LogP contribution is 2.25. The van der Waals surface area contributed by atoms with Crippen molar-refractivity contribution < 1.29 is 0 Å². The fourth-order valence-electron chi connectivity index (χ4n) is 1.50. The van der Waals surface area contributed by atoms with Crippen molar-refractivity contribution in [2.45, 2.75) is 5.33 Å². The van der Waals surface area contributed by atoms with Crippen LogP contribution in [-0.4, -0.2) is 39.1 Å². The molecule has 0 atom stereocenters. The predicted molar refractivity (Wildman–Crippen MR) is 78.6 cm³/mol. The molecule has 0 aliphatic rings. The summed E-state index contributed by atoms with van der Waals surface area (Å²) in [6, 6.07) is 6.42. The lowest BCUT2D eigenvalue weighted by Crippen LogP contribution is -2.28. The Balaban J connectivity index is 2.77. The van der Waals surface area contributed by atoms with Gasteiger partial charge in [-0.15, -0.1) is 0 Å². The van der Waals surface area contributed by atoms with Crippen molar-refractivity contribution in [3.05, 3.63) is 28.2 Å². The number of likely N-dealkylation sites (N-methyl/N-ethyl adjacent to an activating group) is 2. The van der Waals surface area contributed by atoms with Gasteiger partial charge in [0.05, 0.1) is 0 Å². The van der Waals surface area contributed by atoms with Gasteiger partial charge in [0.2, 0.25) is 0 Å². The number of alkyl halides is 1. The average Bonchev–Trinajstić information content (AvgIpc) is 2.25. The van der Waals surface area contributed by atoms with Crippen molar-refractivity contribution in [2.75, 3.05) is 39.1 Å². The molecule has 1 aromatic carbocycles. The van der Waals surface area contributed by atoms with E-state index in [4.69, 9.17) is 0 Å². The minimum atomic E-state index is 0.883. The Bertz CT molecular complexity index is 340. The van der Waals surface area contributed by atoms with Gasteiger partial charge < -0.3 is 9.80 Å². The molecule has 4 heteroatoms. The van der Waals surface area contributed by atoms with Gasteiger partial charge in [0.25, 0.3) is 0 Å². The van der Waals surface area contributed by atoms with Gasteiger partial charge in [0.15, 0.2) is 0 Å². The van der Waals surface area contributed by atoms with E-state index >= 15 is 0 Å². The summed E-state index contributed by atoms with van der Waals surface area (Å²) in [5.41, 5.74) is 2.61. The third-order valence-corrected chi connectivity index (χ3v) is 3.58. The molecule has 2 nitrogen and oxygen atoms in total. The number of rotatable bonds is 5. The van der Waals surface area contributed by atoms with Crippen LogP contribution < -0.4 is 4.90 Å². The van der Waals surface area contributed by atoms with Crippen LogP contribution in [0.1, 0.15) is 5.56 Å². The first-order chi connectivity index (χ1) is 7.54. The molecule has 0 saturated carbocycles. The van der Waals surface area contributed by atoms with Gasteiger partial charge >= 0.3 is 0 Å². The van der Waals surface area contributed by atoms with E-state index in [9.17, 15) is 0 Å². The molecule has 0 heterocycles. The number of halogens is 2. The Morgan fingerprint density at radius 3 is 2.38 bits per heavy atom. The molecule has 16 heavy (non-hydrogen) atoms.